The summed E-state index contributed by atoms with van der Waals surface area (Å²) in [5.41, 5.74) is 9.84. The van der Waals surface area contributed by atoms with Crippen LogP contribution >= 0.6 is 0 Å². The number of allylic oxidation sites excluding steroid dienone is 5. The number of fused-ring (bicyclic) bond motifs is 2. The molecule has 6 rings (SSSR count). The van der Waals surface area contributed by atoms with E-state index in [2.05, 4.69) is 127 Å². The zero-order valence-electron chi connectivity index (χ0n) is 34.6. The van der Waals surface area contributed by atoms with E-state index in [1.807, 2.05) is 13.8 Å². The number of likely N-dealkylation sites (tertiary alicyclic amines) is 2. The van der Waals surface area contributed by atoms with Crippen molar-refractivity contribution in [3.8, 4) is 0 Å². The molecule has 2 aliphatic rings. The normalized spacial score (nSPS) is 17.6. The van der Waals surface area contributed by atoms with Crippen molar-refractivity contribution in [3.63, 3.8) is 0 Å². The highest BCUT2D eigenvalue weighted by molar-refractivity contribution is 5.88. The second-order valence-corrected chi connectivity index (χ2v) is 15.7. The first-order valence-electron chi connectivity index (χ1n) is 21.4. The summed E-state index contributed by atoms with van der Waals surface area (Å²) >= 11 is 0. The highest BCUT2D eigenvalue weighted by Gasteiger charge is 2.25. The van der Waals surface area contributed by atoms with Crippen LogP contribution in [0.1, 0.15) is 152 Å². The lowest BCUT2D eigenvalue weighted by Crippen LogP contribution is -2.13. The van der Waals surface area contributed by atoms with E-state index in [0.29, 0.717) is 11.8 Å². The maximum Gasteiger partial charge on any atom is 0.0459 e. The predicted octanol–water partition coefficient (Wildman–Crippen LogP) is 14.1. The van der Waals surface area contributed by atoms with Crippen molar-refractivity contribution in [3.05, 3.63) is 108 Å². The van der Waals surface area contributed by atoms with Crippen LogP contribution in [-0.4, -0.2) is 60.0 Å². The van der Waals surface area contributed by atoms with Crippen LogP contribution in [0.3, 0.4) is 0 Å². The highest BCUT2D eigenvalue weighted by Crippen LogP contribution is 2.35. The van der Waals surface area contributed by atoms with E-state index in [1.54, 1.807) is 0 Å². The number of hydrogen-bond donors (Lipinski definition) is 2. The fourth-order valence-electron chi connectivity index (χ4n) is 8.40. The number of nitrogens with one attached hydrogen (secondary N) is 2. The molecule has 0 bridgehead atoms. The molecule has 0 amide bonds. The zero-order chi connectivity index (χ0) is 37.8. The third kappa shape index (κ3) is 13.7. The number of benzene rings is 2. The molecule has 1 unspecified atom stereocenters. The number of rotatable bonds is 18. The first-order valence-corrected chi connectivity index (χ1v) is 21.4. The summed E-state index contributed by atoms with van der Waals surface area (Å²) < 4.78 is 0. The minimum absolute atomic E-state index is 0. The van der Waals surface area contributed by atoms with Crippen LogP contribution in [0, 0.1) is 6.92 Å². The SMILES string of the molecule is C.C=C(CCCCCCC/C=C\C/C=C\CCCCC)Cc1cccc2[nH]cc(C3CCN(C)C3)c12.CC.Cc1cccc2[nH]cc([C@@H]3CCN(C)C3)c12. The fourth-order valence-corrected chi connectivity index (χ4v) is 8.40. The molecule has 2 aromatic carbocycles. The Balaban J connectivity index is 0.000000342. The molecule has 0 saturated carbocycles. The molecule has 2 aromatic heterocycles. The van der Waals surface area contributed by atoms with Gasteiger partial charge in [-0.25, -0.2) is 0 Å². The minimum Gasteiger partial charge on any atom is -0.361 e. The number of H-pyrrole nitrogens is 2. The van der Waals surface area contributed by atoms with Gasteiger partial charge in [0.2, 0.25) is 0 Å². The van der Waals surface area contributed by atoms with E-state index >= 15 is 0 Å². The van der Waals surface area contributed by atoms with Gasteiger partial charge in [0.25, 0.3) is 0 Å². The summed E-state index contributed by atoms with van der Waals surface area (Å²) in [4.78, 5) is 11.8. The van der Waals surface area contributed by atoms with Gasteiger partial charge >= 0.3 is 0 Å². The maximum atomic E-state index is 4.45. The number of hydrogen-bond acceptors (Lipinski definition) is 2. The molecule has 54 heavy (non-hydrogen) atoms. The van der Waals surface area contributed by atoms with E-state index < -0.39 is 0 Å². The van der Waals surface area contributed by atoms with Crippen molar-refractivity contribution in [2.24, 2.45) is 0 Å². The number of nitrogens with zero attached hydrogens (tertiary/aromatic N) is 2. The smallest absolute Gasteiger partial charge is 0.0459 e. The summed E-state index contributed by atoms with van der Waals surface area (Å²) in [6, 6.07) is 13.2. The van der Waals surface area contributed by atoms with E-state index in [1.165, 1.54) is 153 Å². The lowest BCUT2D eigenvalue weighted by molar-refractivity contribution is 0.412. The van der Waals surface area contributed by atoms with Gasteiger partial charge in [-0.3, -0.25) is 0 Å². The van der Waals surface area contributed by atoms with Gasteiger partial charge in [-0.2, -0.15) is 0 Å². The molecule has 2 aliphatic heterocycles. The Bertz CT molecular complexity index is 1690. The van der Waals surface area contributed by atoms with Crippen molar-refractivity contribution in [2.45, 2.75) is 143 Å². The van der Waals surface area contributed by atoms with Gasteiger partial charge in [0, 0.05) is 47.3 Å². The van der Waals surface area contributed by atoms with Crippen LogP contribution in [0.15, 0.2) is 85.2 Å². The minimum atomic E-state index is 0. The maximum absolute atomic E-state index is 4.45. The summed E-state index contributed by atoms with van der Waals surface area (Å²) in [7, 11) is 4.45. The van der Waals surface area contributed by atoms with Gasteiger partial charge in [-0.15, -0.1) is 0 Å². The Kier molecular flexibility index (Phi) is 20.8. The summed E-state index contributed by atoms with van der Waals surface area (Å²) in [6.07, 6.45) is 32.8. The number of aromatic amines is 2. The summed E-state index contributed by atoms with van der Waals surface area (Å²) in [6.45, 7) is 17.7. The number of likely N-dealkylation sites (N-methyl/N-ethyl adjacent to an activating group) is 2. The molecule has 0 radical (unpaired) electrons. The Morgan fingerprint density at radius 3 is 1.85 bits per heavy atom. The molecule has 0 spiro atoms. The average Bonchev–Trinajstić information content (AvgIpc) is 3.98. The first kappa shape index (κ1) is 45.1. The molecule has 298 valence electrons. The number of aromatic nitrogens is 2. The molecular weight excluding hydrogens is 657 g/mol. The zero-order valence-corrected chi connectivity index (χ0v) is 34.6. The van der Waals surface area contributed by atoms with Crippen molar-refractivity contribution < 1.29 is 0 Å². The second kappa shape index (κ2) is 24.9. The van der Waals surface area contributed by atoms with E-state index in [-0.39, 0.29) is 7.43 Å². The van der Waals surface area contributed by atoms with E-state index in [0.717, 1.165) is 19.3 Å². The third-order valence-corrected chi connectivity index (χ3v) is 11.4. The first-order chi connectivity index (χ1) is 25.9. The van der Waals surface area contributed by atoms with E-state index in [4.69, 9.17) is 0 Å². The Morgan fingerprint density at radius 1 is 0.722 bits per heavy atom. The van der Waals surface area contributed by atoms with Crippen LogP contribution in [0.4, 0.5) is 0 Å². The summed E-state index contributed by atoms with van der Waals surface area (Å²) in [5, 5.41) is 2.91. The topological polar surface area (TPSA) is 38.1 Å². The molecule has 2 saturated heterocycles. The Morgan fingerprint density at radius 2 is 1.26 bits per heavy atom. The van der Waals surface area contributed by atoms with E-state index in [9.17, 15) is 0 Å². The number of aryl methyl sites for hydroxylation is 1. The van der Waals surface area contributed by atoms with Crippen molar-refractivity contribution in [1.82, 2.24) is 19.8 Å². The van der Waals surface area contributed by atoms with Crippen molar-refractivity contribution in [2.75, 3.05) is 40.3 Å². The van der Waals surface area contributed by atoms with Gasteiger partial charge in [-0.05, 0) is 145 Å². The number of unbranched alkanes of at least 4 members (excludes halogenated alkanes) is 8. The van der Waals surface area contributed by atoms with Crippen LogP contribution in [0.5, 0.6) is 0 Å². The van der Waals surface area contributed by atoms with Crippen LogP contribution in [-0.2, 0) is 6.42 Å². The van der Waals surface area contributed by atoms with Crippen LogP contribution in [0.25, 0.3) is 21.8 Å². The van der Waals surface area contributed by atoms with Crippen molar-refractivity contribution >= 4 is 21.8 Å². The monoisotopic (exact) mass is 735 g/mol. The second-order valence-electron chi connectivity index (χ2n) is 15.7. The van der Waals surface area contributed by atoms with Crippen LogP contribution in [0.2, 0.25) is 0 Å². The third-order valence-electron chi connectivity index (χ3n) is 11.4. The Hall–Kier alpha value is -3.34. The average molecular weight is 735 g/mol. The molecular formula is C50H78N4. The van der Waals surface area contributed by atoms with Gasteiger partial charge in [0.1, 0.15) is 0 Å². The molecule has 4 heteroatoms. The van der Waals surface area contributed by atoms with Gasteiger partial charge < -0.3 is 19.8 Å². The molecule has 2 atom stereocenters. The molecule has 2 fully saturated rings. The Labute approximate surface area is 331 Å². The predicted molar refractivity (Wildman–Crippen MR) is 241 cm³/mol. The van der Waals surface area contributed by atoms with Gasteiger partial charge in [0.05, 0.1) is 0 Å². The molecule has 0 aliphatic carbocycles. The molecule has 4 aromatic rings. The standard InChI is InChI=1S/C33H50N2.C14H18N2.C2H6.CH4/c1-4-5-6-7-8-9-10-11-12-13-14-15-16-17-18-20-28(2)25-29-21-19-22-32-33(29)31(26-34-32)30-23-24-35(3)27-30;1-10-4-3-5-13-14(10)12(8-15-13)11-6-7-16(2)9-11;1-2;/h8-9,11-12,19,21-22,26,30,34H,2,4-7,10,13-18,20,23-25,27H2,1,3H3;3-5,8,11,15H,6-7,9H2,1-2H3;1-2H3;1H4/b9-8-,12-11-;;;/t;11-;;/m.1../s1. The fraction of sp³-hybridized carbons (Fsp3) is 0.560. The molecule has 2 N–H and O–H groups in total. The largest absolute Gasteiger partial charge is 0.361 e. The van der Waals surface area contributed by atoms with Crippen LogP contribution < -0.4 is 0 Å². The van der Waals surface area contributed by atoms with Crippen molar-refractivity contribution in [1.29, 1.82) is 0 Å². The lowest BCUT2D eigenvalue weighted by atomic mass is 9.92. The summed E-state index contributed by atoms with van der Waals surface area (Å²) in [5.74, 6) is 1.37. The lowest BCUT2D eigenvalue weighted by Gasteiger charge is -2.13. The molecule has 4 nitrogen and oxygen atoms in total. The van der Waals surface area contributed by atoms with Gasteiger partial charge in [0.15, 0.2) is 0 Å². The molecule has 4 heterocycles. The highest BCUT2D eigenvalue weighted by atomic mass is 15.1. The quantitative estimate of drug-likeness (QED) is 0.0789. The van der Waals surface area contributed by atoms with Gasteiger partial charge in [-0.1, -0.05) is 121 Å².